The van der Waals surface area contributed by atoms with Gasteiger partial charge in [0.05, 0.1) is 6.42 Å². The molecule has 0 aliphatic rings. The van der Waals surface area contributed by atoms with E-state index < -0.39 is 0 Å². The zero-order valence-electron chi connectivity index (χ0n) is 11.9. The third-order valence-electron chi connectivity index (χ3n) is 3.27. The molecule has 2 aromatic rings. The van der Waals surface area contributed by atoms with Crippen molar-refractivity contribution >= 4 is 27.7 Å². The van der Waals surface area contributed by atoms with E-state index in [1.54, 1.807) is 18.1 Å². The number of rotatable bonds is 3. The summed E-state index contributed by atoms with van der Waals surface area (Å²) >= 11 is 3.39. The maximum absolute atomic E-state index is 12.3. The molecule has 0 unspecified atom stereocenters. The van der Waals surface area contributed by atoms with Gasteiger partial charge in [-0.25, -0.2) is 4.98 Å². The van der Waals surface area contributed by atoms with Crippen molar-refractivity contribution in [1.29, 1.82) is 0 Å². The van der Waals surface area contributed by atoms with Gasteiger partial charge in [0, 0.05) is 17.7 Å². The van der Waals surface area contributed by atoms with Crippen LogP contribution in [0.3, 0.4) is 0 Å². The molecule has 1 amide bonds. The van der Waals surface area contributed by atoms with Gasteiger partial charge in [-0.15, -0.1) is 0 Å². The lowest BCUT2D eigenvalue weighted by atomic mass is 10.0. The number of amides is 1. The second kappa shape index (κ2) is 6.18. The van der Waals surface area contributed by atoms with E-state index in [9.17, 15) is 4.79 Å². The number of hydrogen-bond donors (Lipinski definition) is 0. The Morgan fingerprint density at radius 1 is 1.25 bits per heavy atom. The molecule has 0 fully saturated rings. The van der Waals surface area contributed by atoms with Gasteiger partial charge in [0.2, 0.25) is 5.91 Å². The van der Waals surface area contributed by atoms with Gasteiger partial charge in [0.25, 0.3) is 0 Å². The van der Waals surface area contributed by atoms with Crippen molar-refractivity contribution in [3.05, 3.63) is 57.7 Å². The normalized spacial score (nSPS) is 10.4. The first-order valence-electron chi connectivity index (χ1n) is 6.41. The molecule has 4 heteroatoms. The standard InChI is InChI=1S/C16H17BrN2O/c1-11-4-5-13(12(2)8-11)9-16(20)19(3)15-10-14(17)6-7-18-15/h4-8,10H,9H2,1-3H3. The maximum Gasteiger partial charge on any atom is 0.232 e. The maximum atomic E-state index is 12.3. The van der Waals surface area contributed by atoms with Crippen LogP contribution in [0, 0.1) is 13.8 Å². The predicted molar refractivity (Wildman–Crippen MR) is 85.0 cm³/mol. The number of carbonyl (C=O) groups excluding carboxylic acids is 1. The van der Waals surface area contributed by atoms with Gasteiger partial charge in [0.1, 0.15) is 5.82 Å². The van der Waals surface area contributed by atoms with Gasteiger partial charge in [-0.2, -0.15) is 0 Å². The molecular weight excluding hydrogens is 316 g/mol. The van der Waals surface area contributed by atoms with Crippen LogP contribution < -0.4 is 4.90 Å². The number of carbonyl (C=O) groups is 1. The Bertz CT molecular complexity index is 640. The Balaban J connectivity index is 2.15. The Labute approximate surface area is 127 Å². The fourth-order valence-electron chi connectivity index (χ4n) is 2.03. The molecule has 0 atom stereocenters. The van der Waals surface area contributed by atoms with Crippen LogP contribution in [0.1, 0.15) is 16.7 Å². The van der Waals surface area contributed by atoms with E-state index >= 15 is 0 Å². The molecule has 1 aromatic carbocycles. The van der Waals surface area contributed by atoms with Crippen LogP contribution in [0.5, 0.6) is 0 Å². The number of aryl methyl sites for hydroxylation is 2. The smallest absolute Gasteiger partial charge is 0.232 e. The molecule has 0 saturated heterocycles. The lowest BCUT2D eigenvalue weighted by Crippen LogP contribution is -2.28. The number of likely N-dealkylation sites (N-methyl/N-ethyl adjacent to an activating group) is 1. The summed E-state index contributed by atoms with van der Waals surface area (Å²) < 4.78 is 0.911. The Morgan fingerprint density at radius 3 is 2.65 bits per heavy atom. The Kier molecular flexibility index (Phi) is 4.55. The highest BCUT2D eigenvalue weighted by molar-refractivity contribution is 9.10. The fraction of sp³-hybridized carbons (Fsp3) is 0.250. The van der Waals surface area contributed by atoms with Crippen LogP contribution >= 0.6 is 15.9 Å². The van der Waals surface area contributed by atoms with E-state index in [-0.39, 0.29) is 5.91 Å². The molecule has 1 aromatic heterocycles. The molecule has 1 heterocycles. The first kappa shape index (κ1) is 14.7. The SMILES string of the molecule is Cc1ccc(CC(=O)N(C)c2cc(Br)ccn2)c(C)c1. The summed E-state index contributed by atoms with van der Waals surface area (Å²) in [5.41, 5.74) is 3.41. The molecule has 3 nitrogen and oxygen atoms in total. The van der Waals surface area contributed by atoms with Crippen LogP contribution in [0.2, 0.25) is 0 Å². The highest BCUT2D eigenvalue weighted by Gasteiger charge is 2.14. The van der Waals surface area contributed by atoms with Crippen LogP contribution in [0.4, 0.5) is 5.82 Å². The van der Waals surface area contributed by atoms with Gasteiger partial charge in [-0.3, -0.25) is 9.69 Å². The van der Waals surface area contributed by atoms with E-state index in [2.05, 4.69) is 33.9 Å². The van der Waals surface area contributed by atoms with Crippen LogP contribution in [-0.2, 0) is 11.2 Å². The van der Waals surface area contributed by atoms with Gasteiger partial charge in [-0.1, -0.05) is 39.7 Å². The monoisotopic (exact) mass is 332 g/mol. The second-order valence-electron chi connectivity index (χ2n) is 4.89. The van der Waals surface area contributed by atoms with E-state index in [0.717, 1.165) is 15.6 Å². The third kappa shape index (κ3) is 3.45. The molecule has 2 rings (SSSR count). The fourth-order valence-corrected chi connectivity index (χ4v) is 2.35. The summed E-state index contributed by atoms with van der Waals surface area (Å²) in [6.07, 6.45) is 2.07. The minimum atomic E-state index is 0.0301. The topological polar surface area (TPSA) is 33.2 Å². The number of nitrogens with zero attached hydrogens (tertiary/aromatic N) is 2. The average molecular weight is 333 g/mol. The quantitative estimate of drug-likeness (QED) is 0.859. The predicted octanol–water partition coefficient (Wildman–Crippen LogP) is 3.67. The van der Waals surface area contributed by atoms with Crippen molar-refractivity contribution in [3.63, 3.8) is 0 Å². The molecule has 104 valence electrons. The Hall–Kier alpha value is -1.68. The first-order chi connectivity index (χ1) is 9.47. The molecule has 0 aliphatic carbocycles. The molecular formula is C16H17BrN2O. The van der Waals surface area contributed by atoms with Crippen molar-refractivity contribution in [2.75, 3.05) is 11.9 Å². The van der Waals surface area contributed by atoms with Crippen molar-refractivity contribution in [1.82, 2.24) is 4.98 Å². The molecule has 0 radical (unpaired) electrons. The highest BCUT2D eigenvalue weighted by Crippen LogP contribution is 2.18. The summed E-state index contributed by atoms with van der Waals surface area (Å²) in [7, 11) is 1.75. The number of halogens is 1. The number of aromatic nitrogens is 1. The van der Waals surface area contributed by atoms with E-state index in [1.165, 1.54) is 5.56 Å². The van der Waals surface area contributed by atoms with Crippen molar-refractivity contribution in [3.8, 4) is 0 Å². The lowest BCUT2D eigenvalue weighted by molar-refractivity contribution is -0.117. The van der Waals surface area contributed by atoms with Crippen molar-refractivity contribution < 1.29 is 4.79 Å². The van der Waals surface area contributed by atoms with Gasteiger partial charge in [-0.05, 0) is 37.1 Å². The summed E-state index contributed by atoms with van der Waals surface area (Å²) in [6, 6.07) is 9.82. The molecule has 0 N–H and O–H groups in total. The van der Waals surface area contributed by atoms with E-state index in [4.69, 9.17) is 0 Å². The Morgan fingerprint density at radius 2 is 2.00 bits per heavy atom. The third-order valence-corrected chi connectivity index (χ3v) is 3.76. The van der Waals surface area contributed by atoms with Crippen molar-refractivity contribution in [2.24, 2.45) is 0 Å². The average Bonchev–Trinajstić information content (AvgIpc) is 2.41. The summed E-state index contributed by atoms with van der Waals surface area (Å²) in [4.78, 5) is 18.1. The lowest BCUT2D eigenvalue weighted by Gasteiger charge is -2.17. The molecule has 0 spiro atoms. The van der Waals surface area contributed by atoms with Crippen molar-refractivity contribution in [2.45, 2.75) is 20.3 Å². The number of benzene rings is 1. The van der Waals surface area contributed by atoms with E-state index in [0.29, 0.717) is 12.2 Å². The zero-order valence-corrected chi connectivity index (χ0v) is 13.4. The van der Waals surface area contributed by atoms with Gasteiger partial charge >= 0.3 is 0 Å². The number of anilines is 1. The minimum absolute atomic E-state index is 0.0301. The zero-order chi connectivity index (χ0) is 14.7. The van der Waals surface area contributed by atoms with Crippen LogP contribution in [-0.4, -0.2) is 17.9 Å². The van der Waals surface area contributed by atoms with E-state index in [1.807, 2.05) is 31.2 Å². The number of pyridine rings is 1. The van der Waals surface area contributed by atoms with Crippen LogP contribution in [0.15, 0.2) is 41.0 Å². The molecule has 0 aliphatic heterocycles. The summed E-state index contributed by atoms with van der Waals surface area (Å²) in [5, 5.41) is 0. The number of hydrogen-bond acceptors (Lipinski definition) is 2. The van der Waals surface area contributed by atoms with Gasteiger partial charge < -0.3 is 0 Å². The summed E-state index contributed by atoms with van der Waals surface area (Å²) in [5.74, 6) is 0.677. The highest BCUT2D eigenvalue weighted by atomic mass is 79.9. The first-order valence-corrected chi connectivity index (χ1v) is 7.21. The molecule has 0 bridgehead atoms. The second-order valence-corrected chi connectivity index (χ2v) is 5.81. The minimum Gasteiger partial charge on any atom is -0.300 e. The van der Waals surface area contributed by atoms with Gasteiger partial charge in [0.15, 0.2) is 0 Å². The molecule has 0 saturated carbocycles. The van der Waals surface area contributed by atoms with Crippen LogP contribution in [0.25, 0.3) is 0 Å². The largest absolute Gasteiger partial charge is 0.300 e. The summed E-state index contributed by atoms with van der Waals surface area (Å²) in [6.45, 7) is 4.09. The molecule has 20 heavy (non-hydrogen) atoms.